The molecule has 1 aromatic rings. The average Bonchev–Trinajstić information content (AvgIpc) is 2.37. The van der Waals surface area contributed by atoms with Crippen molar-refractivity contribution < 1.29 is 0 Å². The van der Waals surface area contributed by atoms with Crippen molar-refractivity contribution in [2.45, 2.75) is 57.4 Å². The maximum Gasteiger partial charge on any atom is 0.132 e. The van der Waals surface area contributed by atoms with Crippen LogP contribution in [0, 0.1) is 23.7 Å². The lowest BCUT2D eigenvalue weighted by Gasteiger charge is -2.53. The predicted molar refractivity (Wildman–Crippen MR) is 79.2 cm³/mol. The Morgan fingerprint density at radius 1 is 1.15 bits per heavy atom. The Labute approximate surface area is 121 Å². The summed E-state index contributed by atoms with van der Waals surface area (Å²) in [7, 11) is 0. The summed E-state index contributed by atoms with van der Waals surface area (Å²) in [4.78, 5) is 9.51. The Kier molecular flexibility index (Phi) is 3.06. The van der Waals surface area contributed by atoms with Gasteiger partial charge in [0.15, 0.2) is 0 Å². The van der Waals surface area contributed by atoms with E-state index in [9.17, 15) is 0 Å². The van der Waals surface area contributed by atoms with E-state index in [-0.39, 0.29) is 6.04 Å². The highest BCUT2D eigenvalue weighted by molar-refractivity contribution is 5.13. The van der Waals surface area contributed by atoms with E-state index in [0.29, 0.717) is 5.92 Å². The first-order valence-electron chi connectivity index (χ1n) is 8.26. The zero-order valence-corrected chi connectivity index (χ0v) is 12.3. The first-order chi connectivity index (χ1) is 9.69. The molecule has 1 atom stereocenters. The lowest BCUT2D eigenvalue weighted by molar-refractivity contribution is -0.00572. The Bertz CT molecular complexity index is 469. The second-order valence-electron chi connectivity index (χ2n) is 7.54. The molecule has 3 heteroatoms. The highest BCUT2D eigenvalue weighted by Crippen LogP contribution is 2.59. The Morgan fingerprint density at radius 2 is 1.80 bits per heavy atom. The van der Waals surface area contributed by atoms with Gasteiger partial charge in [-0.1, -0.05) is 0 Å². The summed E-state index contributed by atoms with van der Waals surface area (Å²) in [5.74, 6) is 5.50. The van der Waals surface area contributed by atoms with Crippen LogP contribution in [0.15, 0.2) is 12.3 Å². The van der Waals surface area contributed by atoms with Crippen LogP contribution in [0.3, 0.4) is 0 Å². The van der Waals surface area contributed by atoms with E-state index < -0.39 is 0 Å². The fourth-order valence-electron chi connectivity index (χ4n) is 5.36. The fraction of sp³-hybridized carbons (Fsp3) is 0.765. The molecule has 108 valence electrons. The number of nitrogens with two attached hydrogens (primary N) is 1. The van der Waals surface area contributed by atoms with Gasteiger partial charge in [-0.3, -0.25) is 0 Å². The third-order valence-electron chi connectivity index (χ3n) is 5.79. The normalized spacial score (nSPS) is 40.0. The lowest BCUT2D eigenvalue weighted by Crippen LogP contribution is -2.44. The second kappa shape index (κ2) is 4.80. The van der Waals surface area contributed by atoms with Crippen molar-refractivity contribution in [3.8, 4) is 0 Å². The minimum atomic E-state index is 0.177. The van der Waals surface area contributed by atoms with Crippen LogP contribution >= 0.6 is 0 Å². The van der Waals surface area contributed by atoms with Gasteiger partial charge in [-0.2, -0.15) is 0 Å². The molecule has 0 aromatic carbocycles. The van der Waals surface area contributed by atoms with Crippen LogP contribution < -0.4 is 5.73 Å². The van der Waals surface area contributed by atoms with E-state index in [1.54, 1.807) is 0 Å². The van der Waals surface area contributed by atoms with Gasteiger partial charge in [0.2, 0.25) is 0 Å². The van der Waals surface area contributed by atoms with E-state index in [1.807, 2.05) is 19.2 Å². The summed E-state index contributed by atoms with van der Waals surface area (Å²) in [5, 5.41) is 0. The van der Waals surface area contributed by atoms with Crippen LogP contribution in [0.5, 0.6) is 0 Å². The summed E-state index contributed by atoms with van der Waals surface area (Å²) in [6, 6.07) is 2.21. The maximum atomic E-state index is 5.91. The molecule has 2 N–H and O–H groups in total. The third-order valence-corrected chi connectivity index (χ3v) is 5.79. The molecule has 4 fully saturated rings. The van der Waals surface area contributed by atoms with Gasteiger partial charge in [0.05, 0.1) is 0 Å². The average molecular weight is 271 g/mol. The zero-order valence-electron chi connectivity index (χ0n) is 12.3. The quantitative estimate of drug-likeness (QED) is 0.919. The molecule has 0 saturated heterocycles. The number of nitrogens with zero attached hydrogens (tertiary/aromatic N) is 2. The minimum absolute atomic E-state index is 0.177. The largest absolute Gasteiger partial charge is 0.328 e. The number of aromatic nitrogens is 2. The van der Waals surface area contributed by atoms with E-state index in [4.69, 9.17) is 10.7 Å². The monoisotopic (exact) mass is 271 g/mol. The van der Waals surface area contributed by atoms with Crippen LogP contribution in [0.1, 0.15) is 56.5 Å². The summed E-state index contributed by atoms with van der Waals surface area (Å²) >= 11 is 0. The number of hydrogen-bond acceptors (Lipinski definition) is 3. The van der Waals surface area contributed by atoms with Crippen LogP contribution in [-0.4, -0.2) is 16.0 Å². The number of rotatable bonds is 3. The molecule has 1 aromatic heterocycles. The molecule has 0 amide bonds. The molecule has 1 unspecified atom stereocenters. The molecule has 0 aliphatic heterocycles. The molecule has 0 radical (unpaired) electrons. The highest BCUT2D eigenvalue weighted by atomic mass is 14.9. The van der Waals surface area contributed by atoms with Gasteiger partial charge < -0.3 is 5.73 Å². The molecule has 0 spiro atoms. The van der Waals surface area contributed by atoms with Gasteiger partial charge in [0, 0.05) is 30.3 Å². The van der Waals surface area contributed by atoms with Crippen molar-refractivity contribution in [3.63, 3.8) is 0 Å². The molecule has 3 nitrogen and oxygen atoms in total. The fourth-order valence-corrected chi connectivity index (χ4v) is 5.36. The molecule has 1 heterocycles. The van der Waals surface area contributed by atoms with Crippen molar-refractivity contribution in [1.29, 1.82) is 0 Å². The Balaban J connectivity index is 1.61. The van der Waals surface area contributed by atoms with E-state index >= 15 is 0 Å². The standard InChI is InChI=1S/C17H25N3/c1-10(18)4-15-2-3-19-17(20-15)16-13-6-11-5-12(8-13)9-14(16)7-11/h2-3,10-14,16H,4-9,18H2,1H3. The summed E-state index contributed by atoms with van der Waals surface area (Å²) in [6.07, 6.45) is 10.0. The van der Waals surface area contributed by atoms with Gasteiger partial charge in [0.25, 0.3) is 0 Å². The summed E-state index contributed by atoms with van der Waals surface area (Å²) in [6.45, 7) is 2.05. The Morgan fingerprint density at radius 3 is 2.40 bits per heavy atom. The molecule has 4 aliphatic carbocycles. The predicted octanol–water partition coefficient (Wildman–Crippen LogP) is 2.91. The van der Waals surface area contributed by atoms with Crippen molar-refractivity contribution in [3.05, 3.63) is 23.8 Å². The first-order valence-corrected chi connectivity index (χ1v) is 8.26. The maximum absolute atomic E-state index is 5.91. The molecule has 4 aliphatic rings. The van der Waals surface area contributed by atoms with Crippen molar-refractivity contribution in [1.82, 2.24) is 9.97 Å². The van der Waals surface area contributed by atoms with Gasteiger partial charge >= 0.3 is 0 Å². The van der Waals surface area contributed by atoms with Crippen molar-refractivity contribution in [2.24, 2.45) is 29.4 Å². The summed E-state index contributed by atoms with van der Waals surface area (Å²) in [5.41, 5.74) is 7.03. The SMILES string of the molecule is CC(N)Cc1ccnc(C2C3CC4CC(C3)CC2C4)n1. The van der Waals surface area contributed by atoms with E-state index in [0.717, 1.165) is 41.6 Å². The van der Waals surface area contributed by atoms with Gasteiger partial charge in [-0.15, -0.1) is 0 Å². The first kappa shape index (κ1) is 12.8. The van der Waals surface area contributed by atoms with E-state index in [1.165, 1.54) is 32.1 Å². The molecular formula is C17H25N3. The van der Waals surface area contributed by atoms with E-state index in [2.05, 4.69) is 4.98 Å². The third kappa shape index (κ3) is 2.16. The molecule has 4 saturated carbocycles. The van der Waals surface area contributed by atoms with Crippen molar-refractivity contribution in [2.75, 3.05) is 0 Å². The van der Waals surface area contributed by atoms with Gasteiger partial charge in [0.1, 0.15) is 5.82 Å². The minimum Gasteiger partial charge on any atom is -0.328 e. The van der Waals surface area contributed by atoms with Crippen LogP contribution in [0.25, 0.3) is 0 Å². The smallest absolute Gasteiger partial charge is 0.132 e. The zero-order chi connectivity index (χ0) is 13.7. The lowest BCUT2D eigenvalue weighted by atomic mass is 9.51. The summed E-state index contributed by atoms with van der Waals surface area (Å²) < 4.78 is 0. The second-order valence-corrected chi connectivity index (χ2v) is 7.54. The highest BCUT2D eigenvalue weighted by Gasteiger charge is 2.49. The molecule has 5 rings (SSSR count). The molecule has 20 heavy (non-hydrogen) atoms. The van der Waals surface area contributed by atoms with Gasteiger partial charge in [-0.25, -0.2) is 9.97 Å². The number of hydrogen-bond donors (Lipinski definition) is 1. The van der Waals surface area contributed by atoms with Gasteiger partial charge in [-0.05, 0) is 68.8 Å². The van der Waals surface area contributed by atoms with Crippen molar-refractivity contribution >= 4 is 0 Å². The van der Waals surface area contributed by atoms with Crippen LogP contribution in [-0.2, 0) is 6.42 Å². The topological polar surface area (TPSA) is 51.8 Å². The van der Waals surface area contributed by atoms with Crippen LogP contribution in [0.2, 0.25) is 0 Å². The Hall–Kier alpha value is -0.960. The molecule has 4 bridgehead atoms. The molecular weight excluding hydrogens is 246 g/mol. The van der Waals surface area contributed by atoms with Crippen LogP contribution in [0.4, 0.5) is 0 Å².